The molecule has 4 heteroatoms. The molecule has 1 aliphatic heterocycles. The van der Waals surface area contributed by atoms with E-state index in [1.807, 2.05) is 18.2 Å². The molecule has 2 rings (SSSR count). The lowest BCUT2D eigenvalue weighted by atomic mass is 10.1. The molecule has 1 heterocycles. The molecular formula is C14H20ClNO2. The summed E-state index contributed by atoms with van der Waals surface area (Å²) in [6.45, 7) is 3.73. The fraction of sp³-hybridized carbons (Fsp3) is 0.571. The molecule has 0 amide bonds. The monoisotopic (exact) mass is 269 g/mol. The van der Waals surface area contributed by atoms with Crippen molar-refractivity contribution in [1.29, 1.82) is 0 Å². The summed E-state index contributed by atoms with van der Waals surface area (Å²) in [7, 11) is 1.73. The van der Waals surface area contributed by atoms with E-state index in [0.29, 0.717) is 6.04 Å². The number of hydrogen-bond acceptors (Lipinski definition) is 3. The van der Waals surface area contributed by atoms with Crippen LogP contribution in [-0.2, 0) is 11.2 Å². The second kappa shape index (κ2) is 6.41. The number of halogens is 1. The maximum Gasteiger partial charge on any atom is 0.123 e. The second-order valence-electron chi connectivity index (χ2n) is 4.66. The van der Waals surface area contributed by atoms with Crippen LogP contribution in [0.25, 0.3) is 0 Å². The van der Waals surface area contributed by atoms with Gasteiger partial charge in [0, 0.05) is 31.1 Å². The van der Waals surface area contributed by atoms with Crippen molar-refractivity contribution in [1.82, 2.24) is 5.32 Å². The Morgan fingerprint density at radius 1 is 1.56 bits per heavy atom. The van der Waals surface area contributed by atoms with Crippen LogP contribution in [0, 0.1) is 0 Å². The summed E-state index contributed by atoms with van der Waals surface area (Å²) in [5.74, 6) is 0.964. The van der Waals surface area contributed by atoms with Crippen LogP contribution < -0.4 is 10.1 Å². The quantitative estimate of drug-likeness (QED) is 0.861. The molecule has 1 aromatic carbocycles. The average Bonchev–Trinajstić information content (AvgIpc) is 2.76. The van der Waals surface area contributed by atoms with E-state index in [9.17, 15) is 0 Å². The van der Waals surface area contributed by atoms with Crippen molar-refractivity contribution >= 4 is 11.6 Å². The first-order chi connectivity index (χ1) is 8.72. The van der Waals surface area contributed by atoms with E-state index in [2.05, 4.69) is 12.2 Å². The fourth-order valence-corrected chi connectivity index (χ4v) is 2.42. The summed E-state index contributed by atoms with van der Waals surface area (Å²) in [4.78, 5) is 0. The number of nitrogens with one attached hydrogen (secondary N) is 1. The number of benzene rings is 1. The molecule has 1 aliphatic rings. The third kappa shape index (κ3) is 3.37. The largest absolute Gasteiger partial charge is 0.488 e. The van der Waals surface area contributed by atoms with Crippen LogP contribution in [0.15, 0.2) is 18.2 Å². The van der Waals surface area contributed by atoms with E-state index in [4.69, 9.17) is 21.1 Å². The molecule has 1 aromatic rings. The van der Waals surface area contributed by atoms with Gasteiger partial charge in [-0.3, -0.25) is 0 Å². The van der Waals surface area contributed by atoms with Crippen LogP contribution in [-0.4, -0.2) is 32.4 Å². The van der Waals surface area contributed by atoms with Crippen molar-refractivity contribution < 1.29 is 9.47 Å². The SMILES string of the molecule is CCC(COC)NCC1Cc2cc(Cl)ccc2O1. The van der Waals surface area contributed by atoms with Crippen LogP contribution in [0.2, 0.25) is 5.02 Å². The van der Waals surface area contributed by atoms with Crippen LogP contribution >= 0.6 is 11.6 Å². The lowest BCUT2D eigenvalue weighted by Crippen LogP contribution is -2.39. The Kier molecular flexibility index (Phi) is 4.87. The summed E-state index contributed by atoms with van der Waals surface area (Å²) in [5.41, 5.74) is 1.20. The highest BCUT2D eigenvalue weighted by molar-refractivity contribution is 6.30. The van der Waals surface area contributed by atoms with Crippen LogP contribution in [0.1, 0.15) is 18.9 Å². The molecule has 100 valence electrons. The Morgan fingerprint density at radius 3 is 3.11 bits per heavy atom. The topological polar surface area (TPSA) is 30.5 Å². The minimum Gasteiger partial charge on any atom is -0.488 e. The van der Waals surface area contributed by atoms with Crippen LogP contribution in [0.3, 0.4) is 0 Å². The zero-order chi connectivity index (χ0) is 13.0. The van der Waals surface area contributed by atoms with Gasteiger partial charge in [0.2, 0.25) is 0 Å². The molecule has 2 unspecified atom stereocenters. The molecule has 0 saturated heterocycles. The van der Waals surface area contributed by atoms with Gasteiger partial charge in [-0.15, -0.1) is 0 Å². The smallest absolute Gasteiger partial charge is 0.123 e. The van der Waals surface area contributed by atoms with E-state index in [1.54, 1.807) is 7.11 Å². The lowest BCUT2D eigenvalue weighted by molar-refractivity contribution is 0.152. The average molecular weight is 270 g/mol. The van der Waals surface area contributed by atoms with Crippen molar-refractivity contribution in [2.75, 3.05) is 20.3 Å². The summed E-state index contributed by atoms with van der Waals surface area (Å²) >= 11 is 5.97. The van der Waals surface area contributed by atoms with Gasteiger partial charge in [-0.2, -0.15) is 0 Å². The van der Waals surface area contributed by atoms with E-state index < -0.39 is 0 Å². The van der Waals surface area contributed by atoms with Crippen LogP contribution in [0.5, 0.6) is 5.75 Å². The highest BCUT2D eigenvalue weighted by Gasteiger charge is 2.23. The Balaban J connectivity index is 1.84. The molecule has 0 bridgehead atoms. The molecule has 3 nitrogen and oxygen atoms in total. The van der Waals surface area contributed by atoms with Gasteiger partial charge in [0.05, 0.1) is 6.61 Å². The van der Waals surface area contributed by atoms with Crippen molar-refractivity contribution in [3.63, 3.8) is 0 Å². The first kappa shape index (κ1) is 13.7. The van der Waals surface area contributed by atoms with Gasteiger partial charge in [0.15, 0.2) is 0 Å². The molecule has 1 N–H and O–H groups in total. The summed E-state index contributed by atoms with van der Waals surface area (Å²) in [6, 6.07) is 6.20. The molecule has 0 aromatic heterocycles. The Morgan fingerprint density at radius 2 is 2.39 bits per heavy atom. The molecule has 0 aliphatic carbocycles. The lowest BCUT2D eigenvalue weighted by Gasteiger charge is -2.18. The highest BCUT2D eigenvalue weighted by atomic mass is 35.5. The van der Waals surface area contributed by atoms with Gasteiger partial charge in [-0.25, -0.2) is 0 Å². The Bertz CT molecular complexity index is 397. The molecule has 0 spiro atoms. The Hall–Kier alpha value is -0.770. The molecule has 0 radical (unpaired) electrons. The molecular weight excluding hydrogens is 250 g/mol. The fourth-order valence-electron chi connectivity index (χ4n) is 2.22. The zero-order valence-corrected chi connectivity index (χ0v) is 11.7. The van der Waals surface area contributed by atoms with Gasteiger partial charge < -0.3 is 14.8 Å². The first-order valence-electron chi connectivity index (χ1n) is 6.40. The van der Waals surface area contributed by atoms with Crippen molar-refractivity contribution in [2.45, 2.75) is 31.9 Å². The predicted molar refractivity (Wildman–Crippen MR) is 73.5 cm³/mol. The number of ether oxygens (including phenoxy) is 2. The summed E-state index contributed by atoms with van der Waals surface area (Å²) in [5, 5.41) is 4.25. The molecule has 18 heavy (non-hydrogen) atoms. The molecule has 0 saturated carbocycles. The maximum atomic E-state index is 5.97. The highest BCUT2D eigenvalue weighted by Crippen LogP contribution is 2.30. The minimum absolute atomic E-state index is 0.198. The van der Waals surface area contributed by atoms with Crippen LogP contribution in [0.4, 0.5) is 0 Å². The summed E-state index contributed by atoms with van der Waals surface area (Å²) < 4.78 is 11.0. The number of methoxy groups -OCH3 is 1. The normalized spacial score (nSPS) is 19.4. The number of hydrogen-bond donors (Lipinski definition) is 1. The molecule has 0 fully saturated rings. The Labute approximate surface area is 113 Å². The standard InChI is InChI=1S/C14H20ClNO2/c1-3-12(9-17-2)16-8-13-7-10-6-11(15)4-5-14(10)18-13/h4-6,12-13,16H,3,7-9H2,1-2H3. The van der Waals surface area contributed by atoms with Gasteiger partial charge >= 0.3 is 0 Å². The third-order valence-corrected chi connectivity index (χ3v) is 3.49. The third-order valence-electron chi connectivity index (χ3n) is 3.26. The van der Waals surface area contributed by atoms with E-state index in [0.717, 1.165) is 36.8 Å². The van der Waals surface area contributed by atoms with Gasteiger partial charge in [-0.1, -0.05) is 18.5 Å². The van der Waals surface area contributed by atoms with E-state index in [1.165, 1.54) is 5.56 Å². The number of rotatable bonds is 6. The first-order valence-corrected chi connectivity index (χ1v) is 6.78. The van der Waals surface area contributed by atoms with Crippen molar-refractivity contribution in [3.05, 3.63) is 28.8 Å². The summed E-state index contributed by atoms with van der Waals surface area (Å²) in [6.07, 6.45) is 2.18. The van der Waals surface area contributed by atoms with Gasteiger partial charge in [0.25, 0.3) is 0 Å². The second-order valence-corrected chi connectivity index (χ2v) is 5.10. The van der Waals surface area contributed by atoms with Gasteiger partial charge in [0.1, 0.15) is 11.9 Å². The van der Waals surface area contributed by atoms with E-state index in [-0.39, 0.29) is 6.10 Å². The molecule has 2 atom stereocenters. The number of fused-ring (bicyclic) bond motifs is 1. The minimum atomic E-state index is 0.198. The van der Waals surface area contributed by atoms with Crippen molar-refractivity contribution in [3.8, 4) is 5.75 Å². The zero-order valence-electron chi connectivity index (χ0n) is 10.9. The van der Waals surface area contributed by atoms with E-state index >= 15 is 0 Å². The van der Waals surface area contributed by atoms with Gasteiger partial charge in [-0.05, 0) is 30.2 Å². The maximum absolute atomic E-state index is 5.97. The predicted octanol–water partition coefficient (Wildman–Crippen LogP) is 2.66. The van der Waals surface area contributed by atoms with Crippen molar-refractivity contribution in [2.24, 2.45) is 0 Å².